The van der Waals surface area contributed by atoms with Gasteiger partial charge in [-0.15, -0.1) is 0 Å². The van der Waals surface area contributed by atoms with Crippen LogP contribution < -0.4 is 0 Å². The molecule has 1 aromatic carbocycles. The van der Waals surface area contributed by atoms with E-state index in [9.17, 15) is 0 Å². The number of aromatic hydroxyl groups is 1. The van der Waals surface area contributed by atoms with Crippen molar-refractivity contribution in [1.29, 1.82) is 0 Å². The van der Waals surface area contributed by atoms with E-state index in [0.29, 0.717) is 5.02 Å². The van der Waals surface area contributed by atoms with Crippen molar-refractivity contribution in [2.75, 3.05) is 0 Å². The maximum atomic E-state index is 8.88. The van der Waals surface area contributed by atoms with Crippen molar-refractivity contribution >= 4 is 23.2 Å². The lowest BCUT2D eigenvalue weighted by atomic mass is 10.3. The second kappa shape index (κ2) is 7.19. The minimum atomic E-state index is 0. The Balaban J connectivity index is 0. The number of hydrogen-bond donors (Lipinski definition) is 1. The summed E-state index contributed by atoms with van der Waals surface area (Å²) >= 11 is 11.0. The molecule has 0 radical (unpaired) electrons. The fourth-order valence-corrected chi connectivity index (χ4v) is 0.788. The number of benzene rings is 1. The molecule has 1 nitrogen and oxygen atoms in total. The van der Waals surface area contributed by atoms with Crippen molar-refractivity contribution in [3.63, 3.8) is 0 Å². The van der Waals surface area contributed by atoms with Gasteiger partial charge in [-0.1, -0.05) is 43.1 Å². The Kier molecular flexibility index (Phi) is 8.44. The van der Waals surface area contributed by atoms with Crippen molar-refractivity contribution in [3.8, 4) is 5.75 Å². The van der Waals surface area contributed by atoms with Gasteiger partial charge in [-0.2, -0.15) is 0 Å². The second-order valence-corrected chi connectivity index (χ2v) is 2.36. The van der Waals surface area contributed by atoms with Gasteiger partial charge in [0.15, 0.2) is 0 Å². The fourth-order valence-electron chi connectivity index (χ4n) is 0.492. The Labute approximate surface area is 81.3 Å². The smallest absolute Gasteiger partial charge is 0.135 e. The highest BCUT2D eigenvalue weighted by Gasteiger charge is 1.99. The van der Waals surface area contributed by atoms with E-state index in [1.54, 1.807) is 12.1 Å². The molecule has 70 valence electrons. The van der Waals surface area contributed by atoms with Crippen LogP contribution in [0.3, 0.4) is 0 Å². The molecule has 1 rings (SSSR count). The highest BCUT2D eigenvalue weighted by molar-refractivity contribution is 6.42. The molecule has 1 N–H and O–H groups in total. The highest BCUT2D eigenvalue weighted by Crippen LogP contribution is 2.29. The van der Waals surface area contributed by atoms with Gasteiger partial charge in [-0.05, 0) is 12.1 Å². The molecular formula is C8H11Cl2FO. The van der Waals surface area contributed by atoms with Crippen molar-refractivity contribution in [2.24, 2.45) is 0 Å². The molecule has 0 saturated heterocycles. The summed E-state index contributed by atoms with van der Waals surface area (Å²) in [6.07, 6.45) is 0. The molecule has 0 heterocycles. The fraction of sp³-hybridized carbons (Fsp3) is 0.250. The normalized spacial score (nSPS) is 7.67. The zero-order valence-corrected chi connectivity index (χ0v) is 8.36. The van der Waals surface area contributed by atoms with Crippen LogP contribution in [0.1, 0.15) is 13.8 Å². The number of halogens is 3. The molecule has 0 aliphatic carbocycles. The summed E-state index contributed by atoms with van der Waals surface area (Å²) < 4.78 is 0. The molecule has 0 amide bonds. The van der Waals surface area contributed by atoms with Gasteiger partial charge in [-0.3, -0.25) is 4.70 Å². The minimum absolute atomic E-state index is 0. The molecule has 0 spiro atoms. The number of rotatable bonds is 0. The summed E-state index contributed by atoms with van der Waals surface area (Å²) in [6.45, 7) is 4.00. The van der Waals surface area contributed by atoms with Gasteiger partial charge in [-0.25, -0.2) is 0 Å². The second-order valence-electron chi connectivity index (χ2n) is 1.57. The zero-order valence-electron chi connectivity index (χ0n) is 6.84. The van der Waals surface area contributed by atoms with E-state index in [4.69, 9.17) is 28.3 Å². The molecule has 0 aliphatic heterocycles. The van der Waals surface area contributed by atoms with E-state index in [1.807, 2.05) is 13.8 Å². The van der Waals surface area contributed by atoms with Gasteiger partial charge in [0.2, 0.25) is 0 Å². The van der Waals surface area contributed by atoms with Crippen LogP contribution in [0.2, 0.25) is 10.0 Å². The van der Waals surface area contributed by atoms with Crippen LogP contribution in [-0.4, -0.2) is 5.11 Å². The van der Waals surface area contributed by atoms with E-state index in [0.717, 1.165) is 0 Å². The molecule has 1 aromatic rings. The molecule has 0 bridgehead atoms. The Morgan fingerprint density at radius 1 is 1.17 bits per heavy atom. The Morgan fingerprint density at radius 3 is 2.00 bits per heavy atom. The largest absolute Gasteiger partial charge is 0.506 e. The lowest BCUT2D eigenvalue weighted by Gasteiger charge is -1.95. The van der Waals surface area contributed by atoms with Crippen molar-refractivity contribution < 1.29 is 9.81 Å². The van der Waals surface area contributed by atoms with Crippen LogP contribution in [0.5, 0.6) is 5.75 Å². The lowest BCUT2D eigenvalue weighted by molar-refractivity contribution is 0.475. The van der Waals surface area contributed by atoms with Crippen LogP contribution >= 0.6 is 23.2 Å². The molecule has 0 unspecified atom stereocenters. The van der Waals surface area contributed by atoms with Crippen molar-refractivity contribution in [3.05, 3.63) is 28.2 Å². The van der Waals surface area contributed by atoms with Crippen molar-refractivity contribution in [2.45, 2.75) is 13.8 Å². The first kappa shape index (κ1) is 14.1. The molecule has 4 heteroatoms. The quantitative estimate of drug-likeness (QED) is 0.693. The summed E-state index contributed by atoms with van der Waals surface area (Å²) in [5, 5.41) is 9.46. The standard InChI is InChI=1S/C6H4Cl2O.C2H6.FH/c7-4-2-1-3-5(9)6(4)8;1-2;/h1-3,9H;1-2H3;1H. The Bertz CT molecular complexity index is 208. The number of hydrogen-bond acceptors (Lipinski definition) is 1. The first-order chi connectivity index (χ1) is 5.22. The first-order valence-electron chi connectivity index (χ1n) is 3.35. The maximum absolute atomic E-state index is 8.88. The first-order valence-corrected chi connectivity index (χ1v) is 4.10. The molecule has 0 saturated carbocycles. The maximum Gasteiger partial charge on any atom is 0.135 e. The third-order valence-corrected chi connectivity index (χ3v) is 1.74. The number of phenolic OH excluding ortho intramolecular Hbond substituents is 1. The van der Waals surface area contributed by atoms with Crippen LogP contribution in [0.4, 0.5) is 4.70 Å². The summed E-state index contributed by atoms with van der Waals surface area (Å²) in [6, 6.07) is 4.72. The SMILES string of the molecule is CC.F.Oc1cccc(Cl)c1Cl. The monoisotopic (exact) mass is 212 g/mol. The topological polar surface area (TPSA) is 20.2 Å². The average molecular weight is 213 g/mol. The molecule has 0 fully saturated rings. The summed E-state index contributed by atoms with van der Waals surface area (Å²) in [5.74, 6) is 0.0177. The third kappa shape index (κ3) is 3.79. The van der Waals surface area contributed by atoms with Gasteiger partial charge in [0.05, 0.1) is 5.02 Å². The van der Waals surface area contributed by atoms with Crippen LogP contribution in [0, 0.1) is 0 Å². The molecule has 0 atom stereocenters. The Morgan fingerprint density at radius 2 is 1.67 bits per heavy atom. The van der Waals surface area contributed by atoms with Gasteiger partial charge in [0.25, 0.3) is 0 Å². The van der Waals surface area contributed by atoms with E-state index in [1.165, 1.54) is 6.07 Å². The molecular weight excluding hydrogens is 202 g/mol. The molecule has 12 heavy (non-hydrogen) atoms. The van der Waals surface area contributed by atoms with E-state index >= 15 is 0 Å². The van der Waals surface area contributed by atoms with E-state index < -0.39 is 0 Å². The van der Waals surface area contributed by atoms with Crippen LogP contribution in [-0.2, 0) is 0 Å². The summed E-state index contributed by atoms with van der Waals surface area (Å²) in [4.78, 5) is 0. The van der Waals surface area contributed by atoms with Gasteiger partial charge in [0.1, 0.15) is 10.8 Å². The van der Waals surface area contributed by atoms with Gasteiger partial charge in [0, 0.05) is 0 Å². The van der Waals surface area contributed by atoms with Crippen molar-refractivity contribution in [1.82, 2.24) is 0 Å². The average Bonchev–Trinajstić information content (AvgIpc) is 2.04. The lowest BCUT2D eigenvalue weighted by Crippen LogP contribution is -1.67. The predicted octanol–water partition coefficient (Wildman–Crippen LogP) is 3.88. The molecule has 0 aliphatic rings. The van der Waals surface area contributed by atoms with E-state index in [-0.39, 0.29) is 15.5 Å². The molecule has 0 aromatic heterocycles. The zero-order chi connectivity index (χ0) is 8.85. The predicted molar refractivity (Wildman–Crippen MR) is 52.0 cm³/mol. The third-order valence-electron chi connectivity index (χ3n) is 0.931. The number of phenols is 1. The Hall–Kier alpha value is -0.470. The van der Waals surface area contributed by atoms with Crippen LogP contribution in [0.25, 0.3) is 0 Å². The summed E-state index contributed by atoms with van der Waals surface area (Å²) in [5.41, 5.74) is 0. The minimum Gasteiger partial charge on any atom is -0.506 e. The van der Waals surface area contributed by atoms with Gasteiger partial charge < -0.3 is 5.11 Å². The van der Waals surface area contributed by atoms with E-state index in [2.05, 4.69) is 0 Å². The summed E-state index contributed by atoms with van der Waals surface area (Å²) in [7, 11) is 0. The highest BCUT2D eigenvalue weighted by atomic mass is 35.5. The van der Waals surface area contributed by atoms with Gasteiger partial charge >= 0.3 is 0 Å². The van der Waals surface area contributed by atoms with Crippen LogP contribution in [0.15, 0.2) is 18.2 Å².